The van der Waals surface area contributed by atoms with Crippen molar-refractivity contribution >= 4 is 27.5 Å². The third-order valence-corrected chi connectivity index (χ3v) is 3.67. The molecule has 2 nitrogen and oxygen atoms in total. The molecule has 1 atom stereocenters. The Balaban J connectivity index is 1.89. The average Bonchev–Trinajstić information content (AvgIpc) is 2.44. The summed E-state index contributed by atoms with van der Waals surface area (Å²) in [6.07, 6.45) is 4.59. The molecule has 0 aliphatic carbocycles. The van der Waals surface area contributed by atoms with Crippen molar-refractivity contribution in [2.45, 2.75) is 19.0 Å². The quantitative estimate of drug-likeness (QED) is 0.810. The highest BCUT2D eigenvalue weighted by Crippen LogP contribution is 2.10. The van der Waals surface area contributed by atoms with Gasteiger partial charge in [0.25, 0.3) is 0 Å². The Kier molecular flexibility index (Phi) is 5.83. The molecule has 1 aromatic carbocycles. The molecule has 0 aliphatic heterocycles. The van der Waals surface area contributed by atoms with E-state index in [1.165, 1.54) is 5.56 Å². The molecule has 1 heterocycles. The predicted octanol–water partition coefficient (Wildman–Crippen LogP) is 3.78. The first-order valence-electron chi connectivity index (χ1n) is 6.20. The third-order valence-electron chi connectivity index (χ3n) is 2.87. The van der Waals surface area contributed by atoms with E-state index in [0.29, 0.717) is 5.88 Å². The summed E-state index contributed by atoms with van der Waals surface area (Å²) in [7, 11) is 0. The van der Waals surface area contributed by atoms with Crippen molar-refractivity contribution in [3.05, 3.63) is 64.4 Å². The molecule has 0 bridgehead atoms. The van der Waals surface area contributed by atoms with Crippen LogP contribution in [-0.2, 0) is 13.0 Å². The molecule has 0 radical (unpaired) electrons. The molecular weight excluding hydrogens is 324 g/mol. The van der Waals surface area contributed by atoms with E-state index in [0.717, 1.165) is 23.0 Å². The van der Waals surface area contributed by atoms with Crippen LogP contribution in [0.3, 0.4) is 0 Å². The van der Waals surface area contributed by atoms with Crippen LogP contribution in [0.4, 0.5) is 0 Å². The number of alkyl halides is 1. The first-order valence-corrected chi connectivity index (χ1v) is 7.53. The normalized spacial score (nSPS) is 12.3. The number of pyridine rings is 1. The number of hydrogen-bond donors (Lipinski definition) is 1. The lowest BCUT2D eigenvalue weighted by Crippen LogP contribution is -2.32. The van der Waals surface area contributed by atoms with E-state index in [1.54, 1.807) is 6.20 Å². The fraction of sp³-hybridized carbons (Fsp3) is 0.267. The van der Waals surface area contributed by atoms with Crippen molar-refractivity contribution in [3.8, 4) is 0 Å². The molecule has 1 aromatic heterocycles. The summed E-state index contributed by atoms with van der Waals surface area (Å²) in [5, 5.41) is 3.47. The SMILES string of the molecule is ClCC(Cc1ccccc1)NCc1cncc(Br)c1. The van der Waals surface area contributed by atoms with Crippen LogP contribution in [0.15, 0.2) is 53.3 Å². The highest BCUT2D eigenvalue weighted by atomic mass is 79.9. The second-order valence-electron chi connectivity index (χ2n) is 4.43. The van der Waals surface area contributed by atoms with Crippen molar-refractivity contribution in [2.75, 3.05) is 5.88 Å². The van der Waals surface area contributed by atoms with Crippen LogP contribution in [0.25, 0.3) is 0 Å². The van der Waals surface area contributed by atoms with Crippen LogP contribution < -0.4 is 5.32 Å². The predicted molar refractivity (Wildman–Crippen MR) is 83.4 cm³/mol. The van der Waals surface area contributed by atoms with Crippen LogP contribution in [-0.4, -0.2) is 16.9 Å². The van der Waals surface area contributed by atoms with E-state index >= 15 is 0 Å². The molecule has 0 saturated carbocycles. The standard InChI is InChI=1S/C15H16BrClN2/c16-14-6-13(9-18-11-14)10-19-15(8-17)7-12-4-2-1-3-5-12/h1-6,9,11,15,19H,7-8,10H2. The minimum Gasteiger partial charge on any atom is -0.308 e. The van der Waals surface area contributed by atoms with Gasteiger partial charge in [0.05, 0.1) is 0 Å². The number of benzene rings is 1. The van der Waals surface area contributed by atoms with Gasteiger partial charge in [-0.05, 0) is 39.5 Å². The first kappa shape index (κ1) is 14.5. The van der Waals surface area contributed by atoms with Crippen LogP contribution in [0, 0.1) is 0 Å². The van der Waals surface area contributed by atoms with Crippen molar-refractivity contribution < 1.29 is 0 Å². The Morgan fingerprint density at radius 3 is 2.63 bits per heavy atom. The van der Waals surface area contributed by atoms with E-state index in [2.05, 4.69) is 56.6 Å². The second kappa shape index (κ2) is 7.63. The van der Waals surface area contributed by atoms with Gasteiger partial charge in [-0.2, -0.15) is 0 Å². The zero-order chi connectivity index (χ0) is 13.5. The Bertz CT molecular complexity index is 505. The summed E-state index contributed by atoms with van der Waals surface area (Å²) in [6, 6.07) is 12.7. The number of nitrogens with one attached hydrogen (secondary N) is 1. The van der Waals surface area contributed by atoms with Gasteiger partial charge in [-0.3, -0.25) is 4.98 Å². The third kappa shape index (κ3) is 4.94. The largest absolute Gasteiger partial charge is 0.308 e. The second-order valence-corrected chi connectivity index (χ2v) is 5.66. The molecular formula is C15H16BrClN2. The molecule has 1 N–H and O–H groups in total. The Morgan fingerprint density at radius 1 is 1.16 bits per heavy atom. The summed E-state index contributed by atoms with van der Waals surface area (Å²) in [5.41, 5.74) is 2.45. The van der Waals surface area contributed by atoms with E-state index in [-0.39, 0.29) is 6.04 Å². The average molecular weight is 340 g/mol. The van der Waals surface area contributed by atoms with E-state index in [1.807, 2.05) is 12.3 Å². The van der Waals surface area contributed by atoms with Crippen molar-refractivity contribution in [2.24, 2.45) is 0 Å². The fourth-order valence-corrected chi connectivity index (χ4v) is 2.53. The van der Waals surface area contributed by atoms with Crippen molar-refractivity contribution in [3.63, 3.8) is 0 Å². The van der Waals surface area contributed by atoms with E-state index in [4.69, 9.17) is 11.6 Å². The summed E-state index contributed by atoms with van der Waals surface area (Å²) in [4.78, 5) is 4.15. The van der Waals surface area contributed by atoms with E-state index < -0.39 is 0 Å². The number of rotatable bonds is 6. The maximum atomic E-state index is 6.03. The van der Waals surface area contributed by atoms with Crippen molar-refractivity contribution in [1.29, 1.82) is 0 Å². The summed E-state index contributed by atoms with van der Waals surface area (Å²) in [6.45, 7) is 0.774. The highest BCUT2D eigenvalue weighted by Gasteiger charge is 2.08. The fourth-order valence-electron chi connectivity index (χ4n) is 1.89. The van der Waals surface area contributed by atoms with Gasteiger partial charge >= 0.3 is 0 Å². The molecule has 0 fully saturated rings. The van der Waals surface area contributed by atoms with Gasteiger partial charge in [0.1, 0.15) is 0 Å². The number of nitrogens with zero attached hydrogens (tertiary/aromatic N) is 1. The molecule has 0 saturated heterocycles. The molecule has 1 unspecified atom stereocenters. The minimum atomic E-state index is 0.267. The minimum absolute atomic E-state index is 0.267. The number of hydrogen-bond acceptors (Lipinski definition) is 2. The van der Waals surface area contributed by atoms with Gasteiger partial charge in [0.15, 0.2) is 0 Å². The van der Waals surface area contributed by atoms with Gasteiger partial charge in [-0.15, -0.1) is 11.6 Å². The molecule has 0 spiro atoms. The van der Waals surface area contributed by atoms with Gasteiger partial charge in [0.2, 0.25) is 0 Å². The maximum Gasteiger partial charge on any atom is 0.0410 e. The summed E-state index contributed by atoms with van der Waals surface area (Å²) in [5.74, 6) is 0.594. The van der Waals surface area contributed by atoms with Gasteiger partial charge in [-0.25, -0.2) is 0 Å². The molecule has 2 rings (SSSR count). The lowest BCUT2D eigenvalue weighted by molar-refractivity contribution is 0.549. The Labute approximate surface area is 127 Å². The zero-order valence-corrected chi connectivity index (χ0v) is 12.9. The smallest absolute Gasteiger partial charge is 0.0410 e. The van der Waals surface area contributed by atoms with Gasteiger partial charge < -0.3 is 5.32 Å². The molecule has 4 heteroatoms. The molecule has 19 heavy (non-hydrogen) atoms. The van der Waals surface area contributed by atoms with Gasteiger partial charge in [0, 0.05) is 35.3 Å². The van der Waals surface area contributed by atoms with Crippen LogP contribution in [0.1, 0.15) is 11.1 Å². The summed E-state index contributed by atoms with van der Waals surface area (Å²) >= 11 is 9.45. The highest BCUT2D eigenvalue weighted by molar-refractivity contribution is 9.10. The molecule has 2 aromatic rings. The Morgan fingerprint density at radius 2 is 1.95 bits per heavy atom. The van der Waals surface area contributed by atoms with Crippen molar-refractivity contribution in [1.82, 2.24) is 10.3 Å². The van der Waals surface area contributed by atoms with Gasteiger partial charge in [-0.1, -0.05) is 30.3 Å². The van der Waals surface area contributed by atoms with Crippen LogP contribution in [0.5, 0.6) is 0 Å². The monoisotopic (exact) mass is 338 g/mol. The summed E-state index contributed by atoms with van der Waals surface area (Å²) < 4.78 is 0.997. The maximum absolute atomic E-state index is 6.03. The lowest BCUT2D eigenvalue weighted by atomic mass is 10.1. The topological polar surface area (TPSA) is 24.9 Å². The molecule has 100 valence electrons. The zero-order valence-electron chi connectivity index (χ0n) is 10.5. The molecule has 0 aliphatic rings. The number of aromatic nitrogens is 1. The first-order chi connectivity index (χ1) is 9.28. The van der Waals surface area contributed by atoms with Crippen LogP contribution >= 0.6 is 27.5 Å². The number of halogens is 2. The molecule has 0 amide bonds. The van der Waals surface area contributed by atoms with Crippen LogP contribution in [0.2, 0.25) is 0 Å². The lowest BCUT2D eigenvalue weighted by Gasteiger charge is -2.16. The van der Waals surface area contributed by atoms with E-state index in [9.17, 15) is 0 Å². The Hall–Kier alpha value is -0.900.